The number of fused-ring (bicyclic) bond motifs is 2. The number of ether oxygens (including phenoxy) is 1. The van der Waals surface area contributed by atoms with E-state index in [1.54, 1.807) is 24.0 Å². The Morgan fingerprint density at radius 3 is 2.77 bits per heavy atom. The fourth-order valence-electron chi connectivity index (χ4n) is 6.01. The molecule has 206 valence electrons. The Labute approximate surface area is 228 Å². The molecule has 0 bridgehead atoms. The lowest BCUT2D eigenvalue weighted by atomic mass is 9.71. The second kappa shape index (κ2) is 11.2. The molecule has 2 N–H and O–H groups in total. The van der Waals surface area contributed by atoms with E-state index in [1.807, 2.05) is 43.3 Å². The average Bonchev–Trinajstić information content (AvgIpc) is 2.93. The largest absolute Gasteiger partial charge is 0.484 e. The van der Waals surface area contributed by atoms with Gasteiger partial charge >= 0.3 is 5.63 Å². The van der Waals surface area contributed by atoms with E-state index in [1.165, 1.54) is 0 Å². The van der Waals surface area contributed by atoms with Crippen LogP contribution in [0.4, 0.5) is 0 Å². The molecule has 2 fully saturated rings. The highest BCUT2D eigenvalue weighted by atomic mass is 16.5. The van der Waals surface area contributed by atoms with E-state index < -0.39 is 23.2 Å². The Balaban J connectivity index is 1.18. The number of likely N-dealkylation sites (tertiary alicyclic amines) is 1. The van der Waals surface area contributed by atoms with Gasteiger partial charge in [-0.3, -0.25) is 9.59 Å². The molecule has 1 aliphatic carbocycles. The maximum atomic E-state index is 13.0. The lowest BCUT2D eigenvalue weighted by Gasteiger charge is -2.47. The Hall–Kier alpha value is -3.65. The quantitative estimate of drug-likeness (QED) is 0.449. The molecular weight excluding hydrogens is 496 g/mol. The van der Waals surface area contributed by atoms with Gasteiger partial charge in [0, 0.05) is 42.4 Å². The highest BCUT2D eigenvalue weighted by Crippen LogP contribution is 2.39. The zero-order chi connectivity index (χ0) is 27.6. The maximum Gasteiger partial charge on any atom is 0.340 e. The summed E-state index contributed by atoms with van der Waals surface area (Å²) in [5.41, 5.74) is 1.84. The molecule has 8 heteroatoms. The van der Waals surface area contributed by atoms with Crippen LogP contribution >= 0.6 is 0 Å². The van der Waals surface area contributed by atoms with Crippen molar-refractivity contribution in [2.24, 2.45) is 5.92 Å². The number of aliphatic hydroxyl groups is 1. The summed E-state index contributed by atoms with van der Waals surface area (Å²) < 4.78 is 11.3. The van der Waals surface area contributed by atoms with Crippen LogP contribution in [0.1, 0.15) is 55.7 Å². The molecule has 0 unspecified atom stereocenters. The molecule has 2 aromatic carbocycles. The van der Waals surface area contributed by atoms with Gasteiger partial charge in [0.2, 0.25) is 5.91 Å². The van der Waals surface area contributed by atoms with Crippen LogP contribution in [0.25, 0.3) is 11.0 Å². The summed E-state index contributed by atoms with van der Waals surface area (Å²) in [6, 6.07) is 14.2. The molecule has 1 saturated heterocycles. The second-order valence-electron chi connectivity index (χ2n) is 11.0. The number of aryl methyl sites for hydroxylation is 1. The SMILES string of the molecule is Cc1c(Cc2ccccc2)c(=O)oc2cc(OCC(=O)N[C@@H](C)C(=O)N3CC[C@@]4(O)CCCC[C@@H]4C3)ccc12. The Bertz CT molecular complexity index is 1420. The minimum atomic E-state index is -0.698. The summed E-state index contributed by atoms with van der Waals surface area (Å²) in [5, 5.41) is 14.4. The standard InChI is InChI=1S/C31H36N2O6/c1-20-25-12-11-24(17-27(25)39-30(36)26(20)16-22-8-4-3-5-9-22)38-19-28(34)32-21(2)29(35)33-15-14-31(37)13-7-6-10-23(31)18-33/h3-5,8-9,11-12,17,21,23,37H,6-7,10,13-16,18-19H2,1-2H3,(H,32,34)/t21-,23+,31-/m0/s1. The number of benzene rings is 2. The van der Waals surface area contributed by atoms with Gasteiger partial charge < -0.3 is 24.5 Å². The first-order valence-corrected chi connectivity index (χ1v) is 13.8. The second-order valence-corrected chi connectivity index (χ2v) is 11.0. The van der Waals surface area contributed by atoms with Crippen LogP contribution in [0.5, 0.6) is 5.75 Å². The van der Waals surface area contributed by atoms with E-state index in [2.05, 4.69) is 5.32 Å². The fourth-order valence-corrected chi connectivity index (χ4v) is 6.01. The minimum Gasteiger partial charge on any atom is -0.484 e. The molecule has 1 aliphatic heterocycles. The van der Waals surface area contributed by atoms with Gasteiger partial charge in [-0.2, -0.15) is 0 Å². The van der Waals surface area contributed by atoms with Gasteiger partial charge in [-0.25, -0.2) is 4.79 Å². The number of amides is 2. The molecule has 0 spiro atoms. The van der Waals surface area contributed by atoms with Crippen molar-refractivity contribution < 1.29 is 23.8 Å². The Kier molecular flexibility index (Phi) is 7.75. The molecule has 1 aromatic heterocycles. The van der Waals surface area contributed by atoms with Crippen LogP contribution in [0.3, 0.4) is 0 Å². The minimum absolute atomic E-state index is 0.0983. The summed E-state index contributed by atoms with van der Waals surface area (Å²) >= 11 is 0. The van der Waals surface area contributed by atoms with Gasteiger partial charge in [0.1, 0.15) is 17.4 Å². The molecule has 5 rings (SSSR count). The van der Waals surface area contributed by atoms with Crippen molar-refractivity contribution in [3.63, 3.8) is 0 Å². The number of hydrogen-bond donors (Lipinski definition) is 2. The van der Waals surface area contributed by atoms with Crippen LogP contribution in [0, 0.1) is 12.8 Å². The van der Waals surface area contributed by atoms with Gasteiger partial charge in [-0.05, 0) is 56.4 Å². The third-order valence-electron chi connectivity index (χ3n) is 8.34. The summed E-state index contributed by atoms with van der Waals surface area (Å²) in [6.45, 7) is 4.32. The third-order valence-corrected chi connectivity index (χ3v) is 8.34. The molecule has 8 nitrogen and oxygen atoms in total. The van der Waals surface area contributed by atoms with E-state index >= 15 is 0 Å². The van der Waals surface area contributed by atoms with Crippen molar-refractivity contribution in [3.05, 3.63) is 75.6 Å². The molecule has 2 amide bonds. The highest BCUT2D eigenvalue weighted by molar-refractivity contribution is 5.88. The van der Waals surface area contributed by atoms with Crippen molar-refractivity contribution in [2.45, 2.75) is 64.0 Å². The summed E-state index contributed by atoms with van der Waals surface area (Å²) in [6.07, 6.45) is 4.90. The van der Waals surface area contributed by atoms with Crippen molar-refractivity contribution in [2.75, 3.05) is 19.7 Å². The number of carbonyl (C=O) groups excluding carboxylic acids is 2. The van der Waals surface area contributed by atoms with Gasteiger partial charge in [0.25, 0.3) is 5.91 Å². The average molecular weight is 533 g/mol. The van der Waals surface area contributed by atoms with Crippen LogP contribution < -0.4 is 15.7 Å². The molecule has 2 heterocycles. The monoisotopic (exact) mass is 532 g/mol. The first-order valence-electron chi connectivity index (χ1n) is 13.8. The topological polar surface area (TPSA) is 109 Å². The Morgan fingerprint density at radius 1 is 1.18 bits per heavy atom. The van der Waals surface area contributed by atoms with Crippen LogP contribution in [0.2, 0.25) is 0 Å². The van der Waals surface area contributed by atoms with Crippen LogP contribution in [0.15, 0.2) is 57.7 Å². The van der Waals surface area contributed by atoms with Gasteiger partial charge in [-0.1, -0.05) is 43.2 Å². The predicted octanol–water partition coefficient (Wildman–Crippen LogP) is 3.73. The number of piperidine rings is 1. The Morgan fingerprint density at radius 2 is 1.97 bits per heavy atom. The van der Waals surface area contributed by atoms with Gasteiger partial charge in [0.15, 0.2) is 6.61 Å². The summed E-state index contributed by atoms with van der Waals surface area (Å²) in [4.78, 5) is 40.0. The third kappa shape index (κ3) is 5.86. The van der Waals surface area contributed by atoms with Crippen LogP contribution in [-0.4, -0.2) is 53.2 Å². The van der Waals surface area contributed by atoms with E-state index in [9.17, 15) is 19.5 Å². The molecule has 3 atom stereocenters. The summed E-state index contributed by atoms with van der Waals surface area (Å²) in [5.74, 6) is -0.0768. The molecular formula is C31H36N2O6. The number of nitrogens with one attached hydrogen (secondary N) is 1. The van der Waals surface area contributed by atoms with Gasteiger partial charge in [0.05, 0.1) is 5.60 Å². The van der Waals surface area contributed by atoms with Crippen molar-refractivity contribution in [1.29, 1.82) is 0 Å². The molecule has 0 radical (unpaired) electrons. The highest BCUT2D eigenvalue weighted by Gasteiger charge is 2.44. The first-order chi connectivity index (χ1) is 18.7. The number of hydrogen-bond acceptors (Lipinski definition) is 6. The van der Waals surface area contributed by atoms with E-state index in [-0.39, 0.29) is 18.4 Å². The van der Waals surface area contributed by atoms with Gasteiger partial charge in [-0.15, -0.1) is 0 Å². The molecule has 3 aromatic rings. The normalized spacial score (nSPS) is 21.7. The first kappa shape index (κ1) is 26.9. The molecule has 1 saturated carbocycles. The lowest BCUT2D eigenvalue weighted by Crippen LogP contribution is -2.57. The fraction of sp³-hybridized carbons (Fsp3) is 0.452. The molecule has 39 heavy (non-hydrogen) atoms. The maximum absolute atomic E-state index is 13.0. The number of nitrogens with zero attached hydrogens (tertiary/aromatic N) is 1. The van der Waals surface area contributed by atoms with E-state index in [0.29, 0.717) is 42.8 Å². The smallest absolute Gasteiger partial charge is 0.340 e. The van der Waals surface area contributed by atoms with Crippen molar-refractivity contribution in [3.8, 4) is 5.75 Å². The zero-order valence-corrected chi connectivity index (χ0v) is 22.6. The predicted molar refractivity (Wildman–Crippen MR) is 148 cm³/mol. The number of rotatable bonds is 7. The summed E-state index contributed by atoms with van der Waals surface area (Å²) in [7, 11) is 0. The lowest BCUT2D eigenvalue weighted by molar-refractivity contribution is -0.146. The van der Waals surface area contributed by atoms with Crippen molar-refractivity contribution in [1.82, 2.24) is 10.2 Å². The molecule has 2 aliphatic rings. The van der Waals surface area contributed by atoms with Crippen LogP contribution in [-0.2, 0) is 16.0 Å². The zero-order valence-electron chi connectivity index (χ0n) is 22.6. The van der Waals surface area contributed by atoms with Crippen molar-refractivity contribution >= 4 is 22.8 Å². The van der Waals surface area contributed by atoms with E-state index in [0.717, 1.165) is 42.2 Å². The van der Waals surface area contributed by atoms with E-state index in [4.69, 9.17) is 9.15 Å². The number of carbonyl (C=O) groups is 2.